The molecule has 0 aromatic heterocycles. The van der Waals surface area contributed by atoms with E-state index in [1.807, 2.05) is 55.5 Å². The van der Waals surface area contributed by atoms with Crippen molar-refractivity contribution < 1.29 is 23.9 Å². The van der Waals surface area contributed by atoms with Crippen LogP contribution in [0.4, 0.5) is 11.4 Å². The van der Waals surface area contributed by atoms with Crippen molar-refractivity contribution in [1.82, 2.24) is 0 Å². The molecule has 2 fully saturated rings. The Balaban J connectivity index is 1.55. The highest BCUT2D eigenvalue weighted by molar-refractivity contribution is 6.31. The third-order valence-corrected chi connectivity index (χ3v) is 6.79. The SMILES string of the molecule is CCCCOc1ccc([C@H]2[C@H]3C(=O)N(c4cccc(Cl)c4)C(=O)[C@@H]3ON2c2ccccc2)cc1OCC. The number of unbranched alkanes of at least 4 members (excludes halogenated alkanes) is 1. The number of amides is 2. The normalized spacial score (nSPS) is 20.9. The van der Waals surface area contributed by atoms with Crippen LogP contribution < -0.4 is 19.4 Å². The smallest absolute Gasteiger partial charge is 0.266 e. The summed E-state index contributed by atoms with van der Waals surface area (Å²) >= 11 is 6.16. The van der Waals surface area contributed by atoms with Crippen LogP contribution in [0.5, 0.6) is 11.5 Å². The van der Waals surface area contributed by atoms with E-state index in [4.69, 9.17) is 25.9 Å². The summed E-state index contributed by atoms with van der Waals surface area (Å²) in [6.07, 6.45) is 0.994. The molecule has 8 heteroatoms. The number of hydroxylamine groups is 1. The summed E-state index contributed by atoms with van der Waals surface area (Å²) in [5, 5.41) is 2.11. The van der Waals surface area contributed by atoms with Gasteiger partial charge in [0.05, 0.1) is 30.6 Å². The van der Waals surface area contributed by atoms with Gasteiger partial charge >= 0.3 is 0 Å². The third-order valence-electron chi connectivity index (χ3n) is 6.56. The Morgan fingerprint density at radius 2 is 1.65 bits per heavy atom. The van der Waals surface area contributed by atoms with Gasteiger partial charge in [-0.05, 0) is 61.4 Å². The number of benzene rings is 3. The molecule has 192 valence electrons. The van der Waals surface area contributed by atoms with Gasteiger partial charge in [0.1, 0.15) is 5.92 Å². The first-order chi connectivity index (χ1) is 18.0. The molecule has 0 N–H and O–H groups in total. The zero-order chi connectivity index (χ0) is 25.9. The minimum Gasteiger partial charge on any atom is -0.490 e. The zero-order valence-electron chi connectivity index (χ0n) is 20.8. The van der Waals surface area contributed by atoms with Gasteiger partial charge in [-0.15, -0.1) is 0 Å². The Hall–Kier alpha value is -3.55. The van der Waals surface area contributed by atoms with Crippen molar-refractivity contribution in [3.63, 3.8) is 0 Å². The van der Waals surface area contributed by atoms with Gasteiger partial charge in [0, 0.05) is 5.02 Å². The lowest BCUT2D eigenvalue weighted by atomic mass is 9.90. The molecule has 2 aliphatic heterocycles. The lowest BCUT2D eigenvalue weighted by Gasteiger charge is -2.29. The first-order valence-electron chi connectivity index (χ1n) is 12.6. The topological polar surface area (TPSA) is 68.3 Å². The summed E-state index contributed by atoms with van der Waals surface area (Å²) in [5.41, 5.74) is 1.97. The molecule has 3 aromatic rings. The van der Waals surface area contributed by atoms with Gasteiger partial charge in [-0.3, -0.25) is 14.4 Å². The van der Waals surface area contributed by atoms with E-state index in [0.717, 1.165) is 24.1 Å². The quantitative estimate of drug-likeness (QED) is 0.256. The van der Waals surface area contributed by atoms with Crippen LogP contribution in [-0.2, 0) is 14.4 Å². The molecule has 0 spiro atoms. The molecule has 0 saturated carbocycles. The molecular formula is C29H29ClN2O5. The Morgan fingerprint density at radius 3 is 2.38 bits per heavy atom. The van der Waals surface area contributed by atoms with Gasteiger partial charge in [-0.25, -0.2) is 9.96 Å². The standard InChI is InChI=1S/C29H29ClN2O5/c1-3-5-16-36-23-15-14-19(17-24(23)35-4-2)26-25-27(37-32(26)21-11-7-6-8-12-21)29(34)31(28(25)33)22-13-9-10-20(30)18-22/h6-15,17-18,25-27H,3-5,16H2,1-2H3/t25-,26+,27-/m1/s1. The summed E-state index contributed by atoms with van der Waals surface area (Å²) in [6, 6.07) is 21.3. The second-order valence-corrected chi connectivity index (χ2v) is 9.43. The highest BCUT2D eigenvalue weighted by Gasteiger charge is 2.60. The van der Waals surface area contributed by atoms with Gasteiger partial charge in [0.2, 0.25) is 5.91 Å². The van der Waals surface area contributed by atoms with Crippen LogP contribution in [-0.4, -0.2) is 31.1 Å². The summed E-state index contributed by atoms with van der Waals surface area (Å²) in [5.74, 6) is -0.258. The number of nitrogens with zero attached hydrogens (tertiary/aromatic N) is 2. The maximum atomic E-state index is 13.8. The number of halogens is 1. The molecule has 3 atom stereocenters. The fourth-order valence-electron chi connectivity index (χ4n) is 4.84. The van der Waals surface area contributed by atoms with Crippen molar-refractivity contribution in [1.29, 1.82) is 0 Å². The number of para-hydroxylation sites is 1. The maximum absolute atomic E-state index is 13.8. The van der Waals surface area contributed by atoms with E-state index in [-0.39, 0.29) is 5.91 Å². The first kappa shape index (κ1) is 25.1. The number of rotatable bonds is 9. The van der Waals surface area contributed by atoms with Crippen LogP contribution in [0.2, 0.25) is 5.02 Å². The Kier molecular flexibility index (Phi) is 7.35. The first-order valence-corrected chi connectivity index (χ1v) is 12.9. The van der Waals surface area contributed by atoms with E-state index in [9.17, 15) is 9.59 Å². The van der Waals surface area contributed by atoms with E-state index < -0.39 is 24.0 Å². The number of fused-ring (bicyclic) bond motifs is 1. The van der Waals surface area contributed by atoms with Crippen molar-refractivity contribution in [2.24, 2.45) is 5.92 Å². The molecule has 3 aromatic carbocycles. The maximum Gasteiger partial charge on any atom is 0.266 e. The molecule has 2 aliphatic rings. The number of carbonyl (C=O) groups excluding carboxylic acids is 2. The Labute approximate surface area is 221 Å². The predicted octanol–water partition coefficient (Wildman–Crippen LogP) is 5.97. The molecule has 0 radical (unpaired) electrons. The van der Waals surface area contributed by atoms with Gasteiger partial charge in [0.25, 0.3) is 5.91 Å². The number of ether oxygens (including phenoxy) is 2. The molecule has 0 bridgehead atoms. The van der Waals surface area contributed by atoms with Gasteiger partial charge in [-0.2, -0.15) is 0 Å². The summed E-state index contributed by atoms with van der Waals surface area (Å²) in [6.45, 7) is 5.07. The van der Waals surface area contributed by atoms with E-state index >= 15 is 0 Å². The fraction of sp³-hybridized carbons (Fsp3) is 0.310. The van der Waals surface area contributed by atoms with Crippen LogP contribution in [0, 0.1) is 5.92 Å². The van der Waals surface area contributed by atoms with Crippen LogP contribution >= 0.6 is 11.6 Å². The number of hydrogen-bond donors (Lipinski definition) is 0. The highest BCUT2D eigenvalue weighted by Crippen LogP contribution is 2.48. The minimum atomic E-state index is -0.965. The van der Waals surface area contributed by atoms with Gasteiger partial charge in [0.15, 0.2) is 17.6 Å². The van der Waals surface area contributed by atoms with Crippen molar-refractivity contribution in [2.75, 3.05) is 23.2 Å². The molecule has 5 rings (SSSR count). The van der Waals surface area contributed by atoms with Gasteiger partial charge in [-0.1, -0.05) is 55.3 Å². The molecular weight excluding hydrogens is 492 g/mol. The molecule has 0 unspecified atom stereocenters. The highest BCUT2D eigenvalue weighted by atomic mass is 35.5. The molecule has 0 aliphatic carbocycles. The lowest BCUT2D eigenvalue weighted by molar-refractivity contribution is -0.126. The van der Waals surface area contributed by atoms with Gasteiger partial charge < -0.3 is 9.47 Å². The second kappa shape index (κ2) is 10.8. The van der Waals surface area contributed by atoms with Crippen molar-refractivity contribution in [3.8, 4) is 11.5 Å². The van der Waals surface area contributed by atoms with Crippen molar-refractivity contribution in [3.05, 3.63) is 83.4 Å². The van der Waals surface area contributed by atoms with Crippen molar-refractivity contribution >= 4 is 34.8 Å². The molecule has 2 saturated heterocycles. The summed E-state index contributed by atoms with van der Waals surface area (Å²) in [4.78, 5) is 34.7. The molecule has 2 amide bonds. The fourth-order valence-corrected chi connectivity index (χ4v) is 5.03. The lowest BCUT2D eigenvalue weighted by Crippen LogP contribution is -2.37. The Morgan fingerprint density at radius 1 is 0.865 bits per heavy atom. The molecule has 37 heavy (non-hydrogen) atoms. The monoisotopic (exact) mass is 520 g/mol. The van der Waals surface area contributed by atoms with Crippen LogP contribution in [0.3, 0.4) is 0 Å². The van der Waals surface area contributed by atoms with E-state index in [2.05, 4.69) is 6.92 Å². The number of anilines is 2. The van der Waals surface area contributed by atoms with E-state index in [0.29, 0.717) is 35.4 Å². The number of hydrogen-bond acceptors (Lipinski definition) is 6. The average molecular weight is 521 g/mol. The average Bonchev–Trinajstić information content (AvgIpc) is 3.41. The largest absolute Gasteiger partial charge is 0.490 e. The van der Waals surface area contributed by atoms with E-state index in [1.165, 1.54) is 4.90 Å². The number of carbonyl (C=O) groups is 2. The summed E-state index contributed by atoms with van der Waals surface area (Å²) in [7, 11) is 0. The van der Waals surface area contributed by atoms with Crippen LogP contribution in [0.15, 0.2) is 72.8 Å². The molecule has 7 nitrogen and oxygen atoms in total. The second-order valence-electron chi connectivity index (χ2n) is 8.99. The van der Waals surface area contributed by atoms with E-state index in [1.54, 1.807) is 29.3 Å². The predicted molar refractivity (Wildman–Crippen MR) is 142 cm³/mol. The van der Waals surface area contributed by atoms with Crippen LogP contribution in [0.1, 0.15) is 38.3 Å². The Bertz CT molecular complexity index is 1280. The summed E-state index contributed by atoms with van der Waals surface area (Å²) < 4.78 is 11.9. The number of imide groups is 1. The third kappa shape index (κ3) is 4.77. The minimum absolute atomic E-state index is 0.332. The zero-order valence-corrected chi connectivity index (χ0v) is 21.6. The molecule has 2 heterocycles. The van der Waals surface area contributed by atoms with Crippen LogP contribution in [0.25, 0.3) is 0 Å². The van der Waals surface area contributed by atoms with Crippen molar-refractivity contribution in [2.45, 2.75) is 38.8 Å².